The van der Waals surface area contributed by atoms with Crippen molar-refractivity contribution in [2.75, 3.05) is 5.32 Å². The van der Waals surface area contributed by atoms with Gasteiger partial charge in [-0.25, -0.2) is 9.67 Å². The zero-order valence-electron chi connectivity index (χ0n) is 16.1. The molecule has 5 nitrogen and oxygen atoms in total. The molecule has 0 fully saturated rings. The molecule has 0 saturated carbocycles. The fourth-order valence-corrected chi connectivity index (χ4v) is 4.07. The molecule has 1 N–H and O–H groups in total. The number of aromatic nitrogens is 3. The molecule has 6 heteroatoms. The van der Waals surface area contributed by atoms with Crippen LogP contribution in [0.15, 0.2) is 54.0 Å². The van der Waals surface area contributed by atoms with Crippen molar-refractivity contribution in [3.8, 4) is 10.4 Å². The molecule has 4 rings (SSSR count). The van der Waals surface area contributed by atoms with Crippen molar-refractivity contribution in [3.05, 3.63) is 65.3 Å². The Hall–Kier alpha value is -2.99. The zero-order chi connectivity index (χ0) is 19.7. The maximum atomic E-state index is 12.6. The summed E-state index contributed by atoms with van der Waals surface area (Å²) in [4.78, 5) is 18.2. The van der Waals surface area contributed by atoms with Crippen LogP contribution in [0.1, 0.15) is 31.0 Å². The summed E-state index contributed by atoms with van der Waals surface area (Å²) in [7, 11) is 0. The Labute approximate surface area is 168 Å². The number of pyridine rings is 1. The van der Waals surface area contributed by atoms with E-state index >= 15 is 0 Å². The molecule has 3 heterocycles. The number of amides is 1. The number of carbonyl (C=O) groups excluding carboxylic acids is 1. The lowest BCUT2D eigenvalue weighted by molar-refractivity contribution is -0.116. The van der Waals surface area contributed by atoms with Gasteiger partial charge in [0.05, 0.1) is 11.1 Å². The second kappa shape index (κ2) is 7.56. The number of anilines is 1. The van der Waals surface area contributed by atoms with Crippen molar-refractivity contribution < 1.29 is 4.79 Å². The molecule has 0 radical (unpaired) electrons. The molecule has 0 unspecified atom stereocenters. The minimum atomic E-state index is -0.120. The number of rotatable bonds is 5. The summed E-state index contributed by atoms with van der Waals surface area (Å²) in [5.74, 6) is 0.344. The molecule has 28 heavy (non-hydrogen) atoms. The minimum Gasteiger partial charge on any atom is -0.324 e. The summed E-state index contributed by atoms with van der Waals surface area (Å²) < 4.78 is 1.68. The quantitative estimate of drug-likeness (QED) is 0.507. The van der Waals surface area contributed by atoms with Crippen LogP contribution in [-0.2, 0) is 11.3 Å². The fraction of sp³-hybridized carbons (Fsp3) is 0.227. The fourth-order valence-electron chi connectivity index (χ4n) is 3.32. The second-order valence-corrected chi connectivity index (χ2v) is 8.05. The predicted molar refractivity (Wildman–Crippen MR) is 115 cm³/mol. The molecule has 1 aromatic carbocycles. The molecule has 0 saturated heterocycles. The number of fused-ring (bicyclic) bond motifs is 1. The van der Waals surface area contributed by atoms with Crippen molar-refractivity contribution in [2.24, 2.45) is 0 Å². The average molecular weight is 391 g/mol. The summed E-state index contributed by atoms with van der Waals surface area (Å²) in [6, 6.07) is 14.1. The highest BCUT2D eigenvalue weighted by Gasteiger charge is 2.16. The van der Waals surface area contributed by atoms with Gasteiger partial charge in [0.1, 0.15) is 6.54 Å². The third kappa shape index (κ3) is 3.55. The van der Waals surface area contributed by atoms with Crippen molar-refractivity contribution in [3.63, 3.8) is 0 Å². The Kier molecular flexibility index (Phi) is 4.96. The number of hydrogen-bond acceptors (Lipinski definition) is 4. The lowest BCUT2D eigenvalue weighted by Gasteiger charge is -2.09. The van der Waals surface area contributed by atoms with Crippen molar-refractivity contribution in [1.29, 1.82) is 0 Å². The van der Waals surface area contributed by atoms with Crippen LogP contribution >= 0.6 is 11.3 Å². The van der Waals surface area contributed by atoms with Gasteiger partial charge in [-0.05, 0) is 48.1 Å². The molecule has 142 valence electrons. The van der Waals surface area contributed by atoms with Crippen LogP contribution in [0.4, 0.5) is 5.69 Å². The first-order valence-corrected chi connectivity index (χ1v) is 10.2. The molecular weight excluding hydrogens is 368 g/mol. The number of nitrogens with one attached hydrogen (secondary N) is 1. The van der Waals surface area contributed by atoms with Crippen LogP contribution in [0.5, 0.6) is 0 Å². The smallest absolute Gasteiger partial charge is 0.246 e. The summed E-state index contributed by atoms with van der Waals surface area (Å²) in [5, 5.41) is 10.6. The summed E-state index contributed by atoms with van der Waals surface area (Å²) in [6.07, 6.45) is 1.78. The predicted octanol–water partition coefficient (Wildman–Crippen LogP) is 5.23. The highest BCUT2D eigenvalue weighted by molar-refractivity contribution is 7.13. The van der Waals surface area contributed by atoms with Crippen LogP contribution in [0.25, 0.3) is 21.5 Å². The standard InChI is InChI=1S/C22H22N4OS/c1-14(2)16-6-8-17(9-7-16)24-20(27)13-26-22-21(15(3)25-26)18(10-11-23-22)19-5-4-12-28-19/h4-12,14H,13H2,1-3H3,(H,24,27). The van der Waals surface area contributed by atoms with Crippen LogP contribution in [0.2, 0.25) is 0 Å². The number of hydrogen-bond donors (Lipinski definition) is 1. The van der Waals surface area contributed by atoms with Gasteiger partial charge < -0.3 is 5.32 Å². The van der Waals surface area contributed by atoms with Gasteiger partial charge in [0.15, 0.2) is 5.65 Å². The molecular formula is C22H22N4OS. The van der Waals surface area contributed by atoms with Crippen molar-refractivity contribution >= 4 is 34.0 Å². The van der Waals surface area contributed by atoms with Crippen molar-refractivity contribution in [1.82, 2.24) is 14.8 Å². The van der Waals surface area contributed by atoms with Crippen LogP contribution < -0.4 is 5.32 Å². The Morgan fingerprint density at radius 3 is 2.64 bits per heavy atom. The van der Waals surface area contributed by atoms with Gasteiger partial charge >= 0.3 is 0 Å². The Morgan fingerprint density at radius 1 is 1.18 bits per heavy atom. The molecule has 0 aliphatic carbocycles. The minimum absolute atomic E-state index is 0.120. The molecule has 4 aromatic rings. The van der Waals surface area contributed by atoms with E-state index in [0.717, 1.165) is 28.0 Å². The number of aryl methyl sites for hydroxylation is 1. The third-order valence-electron chi connectivity index (χ3n) is 4.75. The lowest BCUT2D eigenvalue weighted by Crippen LogP contribution is -2.19. The topological polar surface area (TPSA) is 59.8 Å². The molecule has 0 aliphatic rings. The Bertz CT molecular complexity index is 1110. The lowest BCUT2D eigenvalue weighted by atomic mass is 10.0. The molecule has 3 aromatic heterocycles. The van der Waals surface area contributed by atoms with Crippen LogP contribution in [0, 0.1) is 6.92 Å². The van der Waals surface area contributed by atoms with Gasteiger partial charge in [-0.15, -0.1) is 11.3 Å². The monoisotopic (exact) mass is 390 g/mol. The van der Waals surface area contributed by atoms with Crippen LogP contribution in [0.3, 0.4) is 0 Å². The maximum absolute atomic E-state index is 12.6. The Balaban J connectivity index is 1.58. The van der Waals surface area contributed by atoms with E-state index in [2.05, 4.69) is 40.7 Å². The first-order valence-electron chi connectivity index (χ1n) is 9.28. The second-order valence-electron chi connectivity index (χ2n) is 7.10. The van der Waals surface area contributed by atoms with Gasteiger partial charge in [0, 0.05) is 22.3 Å². The number of carbonyl (C=O) groups is 1. The summed E-state index contributed by atoms with van der Waals surface area (Å²) in [6.45, 7) is 6.38. The first kappa shape index (κ1) is 18.4. The largest absolute Gasteiger partial charge is 0.324 e. The van der Waals surface area contributed by atoms with Crippen LogP contribution in [-0.4, -0.2) is 20.7 Å². The third-order valence-corrected chi connectivity index (χ3v) is 5.65. The van der Waals surface area contributed by atoms with E-state index in [4.69, 9.17) is 0 Å². The van der Waals surface area contributed by atoms with Gasteiger partial charge in [-0.2, -0.15) is 5.10 Å². The zero-order valence-corrected chi connectivity index (χ0v) is 17.0. The van der Waals surface area contributed by atoms with Crippen molar-refractivity contribution in [2.45, 2.75) is 33.2 Å². The first-order chi connectivity index (χ1) is 13.5. The average Bonchev–Trinajstić information content (AvgIpc) is 3.31. The van der Waals surface area contributed by atoms with E-state index in [1.807, 2.05) is 43.3 Å². The molecule has 0 aliphatic heterocycles. The van der Waals surface area contributed by atoms with E-state index in [0.29, 0.717) is 5.92 Å². The van der Waals surface area contributed by atoms with E-state index < -0.39 is 0 Å². The molecule has 0 atom stereocenters. The maximum Gasteiger partial charge on any atom is 0.246 e. The van der Waals surface area contributed by atoms with Gasteiger partial charge in [-0.1, -0.05) is 32.0 Å². The number of thiophene rings is 1. The summed E-state index contributed by atoms with van der Waals surface area (Å²) >= 11 is 1.68. The van der Waals surface area contributed by atoms with E-state index in [1.54, 1.807) is 22.2 Å². The number of benzene rings is 1. The normalized spacial score (nSPS) is 11.3. The SMILES string of the molecule is Cc1nn(CC(=O)Nc2ccc(C(C)C)cc2)c2nccc(-c3cccs3)c12. The Morgan fingerprint density at radius 2 is 1.96 bits per heavy atom. The molecule has 0 spiro atoms. The highest BCUT2D eigenvalue weighted by Crippen LogP contribution is 2.32. The van der Waals surface area contributed by atoms with E-state index in [-0.39, 0.29) is 12.5 Å². The molecule has 0 bridgehead atoms. The van der Waals surface area contributed by atoms with E-state index in [1.165, 1.54) is 10.4 Å². The number of nitrogens with zero attached hydrogens (tertiary/aromatic N) is 3. The van der Waals surface area contributed by atoms with Gasteiger partial charge in [0.2, 0.25) is 5.91 Å². The summed E-state index contributed by atoms with van der Waals surface area (Å²) in [5.41, 5.74) is 4.74. The van der Waals surface area contributed by atoms with E-state index in [9.17, 15) is 4.79 Å². The van der Waals surface area contributed by atoms with Gasteiger partial charge in [-0.3, -0.25) is 4.79 Å². The highest BCUT2D eigenvalue weighted by atomic mass is 32.1. The molecule has 1 amide bonds. The van der Waals surface area contributed by atoms with Gasteiger partial charge in [0.25, 0.3) is 0 Å².